The van der Waals surface area contributed by atoms with Crippen molar-refractivity contribution in [3.63, 3.8) is 0 Å². The molecule has 6 nitrogen and oxygen atoms in total. The van der Waals surface area contributed by atoms with E-state index in [1.54, 1.807) is 20.8 Å². The number of hydrogen-bond donors (Lipinski definition) is 0. The number of fused-ring (bicyclic) bond motifs is 5. The molecule has 0 aromatic carbocycles. The van der Waals surface area contributed by atoms with Gasteiger partial charge in [-0.25, -0.2) is 9.69 Å². The number of rotatable bonds is 0. The third kappa shape index (κ3) is 2.55. The van der Waals surface area contributed by atoms with E-state index in [1.807, 2.05) is 13.8 Å². The Hall–Kier alpha value is -1.14. The van der Waals surface area contributed by atoms with Gasteiger partial charge in [0.1, 0.15) is 11.7 Å². The van der Waals surface area contributed by atoms with Gasteiger partial charge in [-0.15, -0.1) is 0 Å². The molecule has 1 saturated carbocycles. The summed E-state index contributed by atoms with van der Waals surface area (Å²) in [5, 5.41) is 0. The Bertz CT molecular complexity index is 481. The Balaban J connectivity index is 1.83. The minimum atomic E-state index is -0.660. The van der Waals surface area contributed by atoms with Gasteiger partial charge in [0.15, 0.2) is 5.79 Å². The van der Waals surface area contributed by atoms with E-state index in [1.165, 1.54) is 4.90 Å². The number of carbonyl (C=O) groups is 2. The molecule has 0 aromatic heterocycles. The summed E-state index contributed by atoms with van der Waals surface area (Å²) in [7, 11) is 0. The van der Waals surface area contributed by atoms with Gasteiger partial charge in [-0.2, -0.15) is 0 Å². The SMILES string of the molecule is CC(C)(C)OC(=O)N1C(=O)C[C@H]2C[C@@H]1[C@@H]1OC(C)(C)O[C@H]21. The van der Waals surface area contributed by atoms with Crippen LogP contribution in [0.2, 0.25) is 0 Å². The zero-order chi connectivity index (χ0) is 15.6. The number of amides is 2. The average Bonchev–Trinajstić information content (AvgIpc) is 2.71. The summed E-state index contributed by atoms with van der Waals surface area (Å²) in [5.41, 5.74) is -0.626. The highest BCUT2D eigenvalue weighted by molar-refractivity contribution is 5.93. The first-order chi connectivity index (χ1) is 9.57. The quantitative estimate of drug-likeness (QED) is 0.685. The molecular formula is C15H23NO5. The van der Waals surface area contributed by atoms with Crippen molar-refractivity contribution in [2.45, 2.75) is 77.1 Å². The highest BCUT2D eigenvalue weighted by Crippen LogP contribution is 2.47. The van der Waals surface area contributed by atoms with Gasteiger partial charge in [0.2, 0.25) is 5.91 Å². The molecular weight excluding hydrogens is 274 g/mol. The maximum absolute atomic E-state index is 12.3. The lowest BCUT2D eigenvalue weighted by molar-refractivity contribution is -0.172. The molecule has 3 rings (SSSR count). The van der Waals surface area contributed by atoms with Crippen LogP contribution in [0.1, 0.15) is 47.5 Å². The number of likely N-dealkylation sites (tertiary alicyclic amines) is 1. The van der Waals surface area contributed by atoms with Crippen LogP contribution in [0.25, 0.3) is 0 Å². The Kier molecular flexibility index (Phi) is 3.12. The third-order valence-corrected chi connectivity index (χ3v) is 4.18. The van der Waals surface area contributed by atoms with E-state index in [0.29, 0.717) is 6.42 Å². The van der Waals surface area contributed by atoms with E-state index >= 15 is 0 Å². The minimum Gasteiger partial charge on any atom is -0.443 e. The van der Waals surface area contributed by atoms with Crippen molar-refractivity contribution < 1.29 is 23.8 Å². The van der Waals surface area contributed by atoms with E-state index in [4.69, 9.17) is 14.2 Å². The summed E-state index contributed by atoms with van der Waals surface area (Å²) in [6.45, 7) is 9.09. The van der Waals surface area contributed by atoms with E-state index in [9.17, 15) is 9.59 Å². The topological polar surface area (TPSA) is 65.1 Å². The fourth-order valence-corrected chi connectivity index (χ4v) is 3.57. The van der Waals surface area contributed by atoms with E-state index in [0.717, 1.165) is 6.42 Å². The zero-order valence-corrected chi connectivity index (χ0v) is 13.2. The maximum Gasteiger partial charge on any atom is 0.417 e. The smallest absolute Gasteiger partial charge is 0.417 e. The number of imide groups is 1. The van der Waals surface area contributed by atoms with Crippen LogP contribution in [-0.4, -0.2) is 46.5 Å². The van der Waals surface area contributed by atoms with Crippen LogP contribution < -0.4 is 0 Å². The number of piperidine rings is 1. The van der Waals surface area contributed by atoms with Crippen molar-refractivity contribution in [1.82, 2.24) is 4.90 Å². The molecule has 2 amide bonds. The van der Waals surface area contributed by atoms with Crippen LogP contribution in [0.3, 0.4) is 0 Å². The number of carbonyl (C=O) groups excluding carboxylic acids is 2. The van der Waals surface area contributed by atoms with Crippen molar-refractivity contribution >= 4 is 12.0 Å². The third-order valence-electron chi connectivity index (χ3n) is 4.18. The molecule has 2 heterocycles. The zero-order valence-electron chi connectivity index (χ0n) is 13.2. The molecule has 0 N–H and O–H groups in total. The Morgan fingerprint density at radius 3 is 2.52 bits per heavy atom. The molecule has 6 heteroatoms. The summed E-state index contributed by atoms with van der Waals surface area (Å²) < 4.78 is 17.2. The first kappa shape index (κ1) is 14.8. The molecule has 21 heavy (non-hydrogen) atoms. The minimum absolute atomic E-state index is 0.110. The van der Waals surface area contributed by atoms with Crippen molar-refractivity contribution in [3.05, 3.63) is 0 Å². The Morgan fingerprint density at radius 1 is 1.29 bits per heavy atom. The molecule has 0 radical (unpaired) electrons. The highest BCUT2D eigenvalue weighted by Gasteiger charge is 2.60. The van der Waals surface area contributed by atoms with Crippen molar-refractivity contribution in [3.8, 4) is 0 Å². The largest absolute Gasteiger partial charge is 0.443 e. The predicted octanol–water partition coefficient (Wildman–Crippen LogP) is 2.06. The monoisotopic (exact) mass is 297 g/mol. The first-order valence-electron chi connectivity index (χ1n) is 7.48. The maximum atomic E-state index is 12.3. The second-order valence-corrected chi connectivity index (χ2v) is 7.58. The number of nitrogens with zero attached hydrogens (tertiary/aromatic N) is 1. The predicted molar refractivity (Wildman–Crippen MR) is 73.4 cm³/mol. The summed E-state index contributed by atoms with van der Waals surface area (Å²) in [6.07, 6.45) is 0.113. The molecule has 0 aromatic rings. The lowest BCUT2D eigenvalue weighted by atomic mass is 9.97. The van der Waals surface area contributed by atoms with Gasteiger partial charge >= 0.3 is 6.09 Å². The highest BCUT2D eigenvalue weighted by atomic mass is 16.8. The van der Waals surface area contributed by atoms with Crippen LogP contribution in [0, 0.1) is 5.92 Å². The van der Waals surface area contributed by atoms with Crippen molar-refractivity contribution in [2.24, 2.45) is 5.92 Å². The average molecular weight is 297 g/mol. The first-order valence-corrected chi connectivity index (χ1v) is 7.48. The lowest BCUT2D eigenvalue weighted by Gasteiger charge is -2.35. The van der Waals surface area contributed by atoms with Crippen LogP contribution in [-0.2, 0) is 19.0 Å². The summed E-state index contributed by atoms with van der Waals surface area (Å²) >= 11 is 0. The summed E-state index contributed by atoms with van der Waals surface area (Å²) in [5.74, 6) is -0.718. The Labute approximate surface area is 124 Å². The van der Waals surface area contributed by atoms with Crippen LogP contribution in [0.4, 0.5) is 4.79 Å². The molecule has 3 fully saturated rings. The van der Waals surface area contributed by atoms with E-state index < -0.39 is 17.5 Å². The second kappa shape index (κ2) is 4.43. The van der Waals surface area contributed by atoms with Crippen LogP contribution in [0.5, 0.6) is 0 Å². The molecule has 2 aliphatic heterocycles. The number of ether oxygens (including phenoxy) is 3. The van der Waals surface area contributed by atoms with Gasteiger partial charge in [0, 0.05) is 6.42 Å². The molecule has 2 bridgehead atoms. The summed E-state index contributed by atoms with van der Waals surface area (Å²) in [6, 6.07) is -0.280. The Morgan fingerprint density at radius 2 is 1.90 bits per heavy atom. The van der Waals surface area contributed by atoms with E-state index in [2.05, 4.69) is 0 Å². The normalized spacial score (nSPS) is 37.6. The standard InChI is InChI=1S/C15H23NO5/c1-14(2,3)21-13(18)16-9-6-8(7-10(16)17)11-12(9)20-15(4,5)19-11/h8-9,11-12H,6-7H2,1-5H3/t8-,9-,11-,12+/m1/s1. The van der Waals surface area contributed by atoms with Gasteiger partial charge in [-0.05, 0) is 47.0 Å². The molecule has 118 valence electrons. The fourth-order valence-electron chi connectivity index (χ4n) is 3.57. The van der Waals surface area contributed by atoms with Gasteiger partial charge in [-0.3, -0.25) is 4.79 Å². The molecule has 1 aliphatic carbocycles. The summed E-state index contributed by atoms with van der Waals surface area (Å²) in [4.78, 5) is 25.9. The molecule has 0 spiro atoms. The van der Waals surface area contributed by atoms with E-state index in [-0.39, 0.29) is 30.1 Å². The van der Waals surface area contributed by atoms with Gasteiger partial charge < -0.3 is 14.2 Å². The molecule has 0 unspecified atom stereocenters. The molecule has 3 aliphatic rings. The van der Waals surface area contributed by atoms with Gasteiger partial charge in [0.25, 0.3) is 0 Å². The van der Waals surface area contributed by atoms with Crippen LogP contribution >= 0.6 is 0 Å². The van der Waals surface area contributed by atoms with Gasteiger partial charge in [-0.1, -0.05) is 0 Å². The molecule has 2 saturated heterocycles. The second-order valence-electron chi connectivity index (χ2n) is 7.58. The van der Waals surface area contributed by atoms with Gasteiger partial charge in [0.05, 0.1) is 12.1 Å². The van der Waals surface area contributed by atoms with Crippen LogP contribution in [0.15, 0.2) is 0 Å². The lowest BCUT2D eigenvalue weighted by Crippen LogP contribution is -2.52. The number of hydrogen-bond acceptors (Lipinski definition) is 5. The fraction of sp³-hybridized carbons (Fsp3) is 0.867. The van der Waals surface area contributed by atoms with Crippen molar-refractivity contribution in [2.75, 3.05) is 0 Å². The van der Waals surface area contributed by atoms with Crippen molar-refractivity contribution in [1.29, 1.82) is 0 Å². The molecule has 4 atom stereocenters.